The number of anilines is 2. The normalized spacial score (nSPS) is 10.5. The molecular weight excluding hydrogens is 192 g/mol. The molecule has 0 atom stereocenters. The van der Waals surface area contributed by atoms with E-state index in [1.165, 1.54) is 0 Å². The molecule has 5 nitrogen and oxygen atoms in total. The van der Waals surface area contributed by atoms with Gasteiger partial charge in [0.15, 0.2) is 5.89 Å². The van der Waals surface area contributed by atoms with Crippen LogP contribution < -0.4 is 11.5 Å². The number of nitrogen functional groups attached to an aromatic ring is 2. The van der Waals surface area contributed by atoms with E-state index in [0.29, 0.717) is 23.8 Å². The maximum Gasteiger partial charge on any atom is 0.191 e. The fourth-order valence-electron chi connectivity index (χ4n) is 1.36. The molecule has 0 unspecified atom stereocenters. The van der Waals surface area contributed by atoms with Crippen molar-refractivity contribution in [3.8, 4) is 0 Å². The second kappa shape index (κ2) is 3.61. The third kappa shape index (κ3) is 1.90. The Hall–Kier alpha value is -2.04. The van der Waals surface area contributed by atoms with Crippen LogP contribution >= 0.6 is 0 Å². The first kappa shape index (κ1) is 9.51. The van der Waals surface area contributed by atoms with Crippen molar-refractivity contribution in [2.45, 2.75) is 13.3 Å². The van der Waals surface area contributed by atoms with Gasteiger partial charge in [-0.05, 0) is 11.6 Å². The van der Waals surface area contributed by atoms with Crippen LogP contribution in [-0.2, 0) is 6.42 Å². The van der Waals surface area contributed by atoms with Gasteiger partial charge in [-0.2, -0.15) is 0 Å². The van der Waals surface area contributed by atoms with E-state index in [2.05, 4.69) is 9.97 Å². The van der Waals surface area contributed by atoms with Crippen molar-refractivity contribution in [2.24, 2.45) is 0 Å². The minimum absolute atomic E-state index is 0.351. The molecule has 0 spiro atoms. The topological polar surface area (TPSA) is 91.0 Å². The number of nitrogens with two attached hydrogens (primary N) is 2. The molecular formula is C10H12N4O. The Bertz CT molecular complexity index is 478. The molecule has 0 aliphatic carbocycles. The highest BCUT2D eigenvalue weighted by molar-refractivity contribution is 5.63. The minimum Gasteiger partial charge on any atom is -0.446 e. The molecule has 4 N–H and O–H groups in total. The fraction of sp³-hybridized carbons (Fsp3) is 0.200. The van der Waals surface area contributed by atoms with Crippen LogP contribution in [0.3, 0.4) is 0 Å². The van der Waals surface area contributed by atoms with Crippen molar-refractivity contribution in [3.63, 3.8) is 0 Å². The van der Waals surface area contributed by atoms with Crippen LogP contribution in [-0.4, -0.2) is 9.97 Å². The lowest BCUT2D eigenvalue weighted by Crippen LogP contribution is -2.02. The van der Waals surface area contributed by atoms with E-state index < -0.39 is 0 Å². The highest BCUT2D eigenvalue weighted by atomic mass is 16.3. The number of oxazole rings is 1. The summed E-state index contributed by atoms with van der Waals surface area (Å²) in [5, 5.41) is 0. The monoisotopic (exact) mass is 204 g/mol. The van der Waals surface area contributed by atoms with Crippen molar-refractivity contribution < 1.29 is 4.42 Å². The summed E-state index contributed by atoms with van der Waals surface area (Å²) in [4.78, 5) is 7.90. The van der Waals surface area contributed by atoms with Crippen molar-refractivity contribution in [3.05, 3.63) is 35.7 Å². The first-order valence-electron chi connectivity index (χ1n) is 4.57. The summed E-state index contributed by atoms with van der Waals surface area (Å²) in [5.74, 6) is 1.76. The Balaban J connectivity index is 2.28. The molecule has 0 aliphatic rings. The van der Waals surface area contributed by atoms with Crippen LogP contribution in [0, 0.1) is 6.92 Å². The highest BCUT2D eigenvalue weighted by Crippen LogP contribution is 2.20. The molecule has 78 valence electrons. The van der Waals surface area contributed by atoms with Gasteiger partial charge in [-0.1, -0.05) is 0 Å². The SMILES string of the molecule is Cc1ncc(Cc2ccnc(N)c2N)o1. The summed E-state index contributed by atoms with van der Waals surface area (Å²) in [6, 6.07) is 1.82. The Morgan fingerprint density at radius 3 is 2.80 bits per heavy atom. The van der Waals surface area contributed by atoms with Crippen LogP contribution in [0.1, 0.15) is 17.2 Å². The largest absolute Gasteiger partial charge is 0.446 e. The van der Waals surface area contributed by atoms with Crippen molar-refractivity contribution in [1.29, 1.82) is 0 Å². The molecule has 0 radical (unpaired) electrons. The summed E-state index contributed by atoms with van der Waals surface area (Å²) in [5.41, 5.74) is 12.8. The van der Waals surface area contributed by atoms with Crippen molar-refractivity contribution >= 4 is 11.5 Å². The first-order chi connectivity index (χ1) is 7.16. The Kier molecular flexibility index (Phi) is 2.29. The maximum absolute atomic E-state index is 5.79. The van der Waals surface area contributed by atoms with Gasteiger partial charge in [-0.15, -0.1) is 0 Å². The van der Waals surface area contributed by atoms with Crippen LogP contribution in [0.4, 0.5) is 11.5 Å². The average molecular weight is 204 g/mol. The second-order valence-corrected chi connectivity index (χ2v) is 3.29. The summed E-state index contributed by atoms with van der Waals surface area (Å²) in [7, 11) is 0. The van der Waals surface area contributed by atoms with Gasteiger partial charge in [0.2, 0.25) is 0 Å². The Labute approximate surface area is 87.1 Å². The number of nitrogens with zero attached hydrogens (tertiary/aromatic N) is 2. The van der Waals surface area contributed by atoms with E-state index >= 15 is 0 Å². The molecule has 2 aromatic heterocycles. The molecule has 0 fully saturated rings. The van der Waals surface area contributed by atoms with Gasteiger partial charge in [-0.3, -0.25) is 0 Å². The van der Waals surface area contributed by atoms with Gasteiger partial charge in [0.05, 0.1) is 11.9 Å². The number of hydrogen-bond donors (Lipinski definition) is 2. The molecule has 0 bridgehead atoms. The number of aryl methyl sites for hydroxylation is 1. The number of pyridine rings is 1. The zero-order valence-electron chi connectivity index (χ0n) is 8.40. The Morgan fingerprint density at radius 1 is 1.33 bits per heavy atom. The molecule has 0 aliphatic heterocycles. The standard InChI is InChI=1S/C10H12N4O/c1-6-14-5-8(15-6)4-7-2-3-13-10(12)9(7)11/h2-3,5H,4,11H2,1H3,(H2,12,13). The van der Waals surface area contributed by atoms with Gasteiger partial charge in [0.25, 0.3) is 0 Å². The molecule has 2 aromatic rings. The van der Waals surface area contributed by atoms with E-state index in [1.807, 2.05) is 6.07 Å². The van der Waals surface area contributed by atoms with Crippen molar-refractivity contribution in [2.75, 3.05) is 11.5 Å². The van der Waals surface area contributed by atoms with Crippen LogP contribution in [0.2, 0.25) is 0 Å². The molecule has 2 heterocycles. The highest BCUT2D eigenvalue weighted by Gasteiger charge is 2.07. The lowest BCUT2D eigenvalue weighted by Gasteiger charge is -2.04. The van der Waals surface area contributed by atoms with Crippen LogP contribution in [0.15, 0.2) is 22.9 Å². The lowest BCUT2D eigenvalue weighted by atomic mass is 10.1. The zero-order chi connectivity index (χ0) is 10.8. The Morgan fingerprint density at radius 2 is 2.13 bits per heavy atom. The van der Waals surface area contributed by atoms with E-state index in [4.69, 9.17) is 15.9 Å². The zero-order valence-corrected chi connectivity index (χ0v) is 8.40. The van der Waals surface area contributed by atoms with Gasteiger partial charge >= 0.3 is 0 Å². The van der Waals surface area contributed by atoms with Gasteiger partial charge < -0.3 is 15.9 Å². The number of rotatable bonds is 2. The van der Waals surface area contributed by atoms with Gasteiger partial charge in [0, 0.05) is 19.5 Å². The van der Waals surface area contributed by atoms with Crippen LogP contribution in [0.5, 0.6) is 0 Å². The lowest BCUT2D eigenvalue weighted by molar-refractivity contribution is 0.484. The predicted octanol–water partition coefficient (Wildman–Crippen LogP) is 1.13. The molecule has 5 heteroatoms. The molecule has 0 aromatic carbocycles. The summed E-state index contributed by atoms with van der Waals surface area (Å²) in [6.07, 6.45) is 3.90. The minimum atomic E-state index is 0.351. The molecule has 0 amide bonds. The van der Waals surface area contributed by atoms with E-state index in [0.717, 1.165) is 11.3 Å². The smallest absolute Gasteiger partial charge is 0.191 e. The third-order valence-corrected chi connectivity index (χ3v) is 2.15. The van der Waals surface area contributed by atoms with E-state index in [-0.39, 0.29) is 0 Å². The van der Waals surface area contributed by atoms with Crippen molar-refractivity contribution in [1.82, 2.24) is 9.97 Å². The van der Waals surface area contributed by atoms with E-state index in [9.17, 15) is 0 Å². The molecule has 15 heavy (non-hydrogen) atoms. The van der Waals surface area contributed by atoms with Gasteiger partial charge in [0.1, 0.15) is 11.6 Å². The summed E-state index contributed by atoms with van der Waals surface area (Å²) in [6.45, 7) is 1.80. The predicted molar refractivity (Wildman–Crippen MR) is 57.1 cm³/mol. The first-order valence-corrected chi connectivity index (χ1v) is 4.57. The molecule has 0 saturated carbocycles. The number of hydrogen-bond acceptors (Lipinski definition) is 5. The van der Waals surface area contributed by atoms with Crippen LogP contribution in [0.25, 0.3) is 0 Å². The van der Waals surface area contributed by atoms with E-state index in [1.54, 1.807) is 19.3 Å². The van der Waals surface area contributed by atoms with Gasteiger partial charge in [-0.25, -0.2) is 9.97 Å². The molecule has 0 saturated heterocycles. The quantitative estimate of drug-likeness (QED) is 0.765. The fourth-order valence-corrected chi connectivity index (χ4v) is 1.36. The summed E-state index contributed by atoms with van der Waals surface area (Å²) < 4.78 is 5.35. The maximum atomic E-state index is 5.79. The molecule has 2 rings (SSSR count). The third-order valence-electron chi connectivity index (χ3n) is 2.15. The average Bonchev–Trinajstić information content (AvgIpc) is 2.59. The summed E-state index contributed by atoms with van der Waals surface area (Å²) >= 11 is 0. The second-order valence-electron chi connectivity index (χ2n) is 3.29. The number of aromatic nitrogens is 2.